The number of allylic oxidation sites excluding steroid dienone is 1. The van der Waals surface area contributed by atoms with Crippen LogP contribution in [0.5, 0.6) is 17.2 Å². The quantitative estimate of drug-likeness (QED) is 0.0550. The van der Waals surface area contributed by atoms with Crippen molar-refractivity contribution in [2.24, 2.45) is 22.9 Å². The fourth-order valence-electron chi connectivity index (χ4n) is 8.31. The van der Waals surface area contributed by atoms with E-state index in [1.165, 1.54) is 5.56 Å². The molecule has 0 spiro atoms. The van der Waals surface area contributed by atoms with Gasteiger partial charge < -0.3 is 29.3 Å². The van der Waals surface area contributed by atoms with Gasteiger partial charge in [0.15, 0.2) is 0 Å². The standard InChI is InChI=1S/C42H50N2O7S/c1-3-22-49-42-39(52-23-17-29-15-18-43-19-16-29)27-37(44-48-2)35-25-31(10-4-6-20-45)34(12-5-7-21-46)40(41(35)42)36-26-33(13-14-38(36)51-42)50-32-11-8-9-30(24-32)28-47/h3,8-9,11,13-16,18-19,24-26,28,31,34,39-41,45-46H,1,4-7,10,12,17,20-23,27H2,2H3. The lowest BCUT2D eigenvalue weighted by molar-refractivity contribution is -0.223. The number of unbranched alkanes of at least 4 members (excludes halogenated alkanes) is 2. The lowest BCUT2D eigenvalue weighted by atomic mass is 9.56. The number of benzene rings is 2. The molecule has 6 rings (SSSR count). The van der Waals surface area contributed by atoms with Crippen LogP contribution in [0.25, 0.3) is 0 Å². The third-order valence-corrected chi connectivity index (χ3v) is 11.8. The van der Waals surface area contributed by atoms with Gasteiger partial charge in [0.25, 0.3) is 0 Å². The van der Waals surface area contributed by atoms with E-state index < -0.39 is 5.79 Å². The van der Waals surface area contributed by atoms with Crippen LogP contribution in [0, 0.1) is 17.8 Å². The molecule has 2 N–H and O–H groups in total. The van der Waals surface area contributed by atoms with E-state index in [0.717, 1.165) is 79.6 Å². The fraction of sp³-hybridized carbons (Fsp3) is 0.452. The summed E-state index contributed by atoms with van der Waals surface area (Å²) in [5.41, 5.74) is 4.79. The number of fused-ring (bicyclic) bond motifs is 2. The van der Waals surface area contributed by atoms with Crippen molar-refractivity contribution in [2.45, 2.75) is 68.3 Å². The van der Waals surface area contributed by atoms with Crippen molar-refractivity contribution in [2.75, 3.05) is 32.7 Å². The first kappa shape index (κ1) is 37.8. The van der Waals surface area contributed by atoms with Crippen LogP contribution < -0.4 is 9.47 Å². The molecule has 1 saturated carbocycles. The van der Waals surface area contributed by atoms with Gasteiger partial charge >= 0.3 is 0 Å². The van der Waals surface area contributed by atoms with Crippen molar-refractivity contribution in [3.63, 3.8) is 0 Å². The Hall–Kier alpha value is -3.96. The molecule has 276 valence electrons. The van der Waals surface area contributed by atoms with Gasteiger partial charge in [-0.25, -0.2) is 0 Å². The number of ether oxygens (including phenoxy) is 3. The second-order valence-electron chi connectivity index (χ2n) is 13.7. The lowest BCUT2D eigenvalue weighted by Gasteiger charge is -2.58. The first-order valence-corrected chi connectivity index (χ1v) is 19.4. The van der Waals surface area contributed by atoms with Crippen LogP contribution in [0.15, 0.2) is 96.5 Å². The van der Waals surface area contributed by atoms with Gasteiger partial charge in [0.2, 0.25) is 5.79 Å². The average Bonchev–Trinajstić information content (AvgIpc) is 3.17. The average molecular weight is 727 g/mol. The highest BCUT2D eigenvalue weighted by Gasteiger charge is 2.63. The third kappa shape index (κ3) is 8.31. The van der Waals surface area contributed by atoms with E-state index in [0.29, 0.717) is 30.1 Å². The maximum Gasteiger partial charge on any atom is 0.230 e. The lowest BCUT2D eigenvalue weighted by Crippen LogP contribution is -2.64. The maximum absolute atomic E-state index is 11.5. The molecular formula is C42H50N2O7S. The molecule has 10 heteroatoms. The van der Waals surface area contributed by atoms with Crippen LogP contribution in [0.3, 0.4) is 0 Å². The van der Waals surface area contributed by atoms with Gasteiger partial charge in [-0.05, 0) is 103 Å². The highest BCUT2D eigenvalue weighted by Crippen LogP contribution is 2.62. The second-order valence-corrected chi connectivity index (χ2v) is 15.0. The molecule has 2 aromatic carbocycles. The molecule has 3 aliphatic rings. The molecule has 0 radical (unpaired) electrons. The molecule has 1 aromatic heterocycles. The Morgan fingerprint density at radius 1 is 1.04 bits per heavy atom. The van der Waals surface area contributed by atoms with Crippen molar-refractivity contribution in [1.82, 2.24) is 4.98 Å². The SMILES string of the molecule is C=CCOC12Oc3ccc(Oc4cccc(C=O)c4)cc3C3C(CCCCO)C(CCCCO)C=C(C(=NOC)CC1SCCc1ccncc1)C32. The van der Waals surface area contributed by atoms with Crippen LogP contribution in [-0.4, -0.2) is 70.9 Å². The Bertz CT molecular complexity index is 1720. The number of hydrogen-bond acceptors (Lipinski definition) is 10. The molecule has 6 unspecified atom stereocenters. The first-order chi connectivity index (χ1) is 25.5. The van der Waals surface area contributed by atoms with Crippen LogP contribution >= 0.6 is 11.8 Å². The summed E-state index contributed by atoms with van der Waals surface area (Å²) in [5, 5.41) is 24.1. The summed E-state index contributed by atoms with van der Waals surface area (Å²) in [6.07, 6.45) is 15.1. The van der Waals surface area contributed by atoms with Crippen LogP contribution in [0.4, 0.5) is 0 Å². The molecule has 9 nitrogen and oxygen atoms in total. The first-order valence-electron chi connectivity index (χ1n) is 18.4. The number of aromatic nitrogens is 1. The molecule has 2 aliphatic carbocycles. The van der Waals surface area contributed by atoms with Gasteiger partial charge in [0, 0.05) is 49.1 Å². The number of oxime groups is 1. The van der Waals surface area contributed by atoms with Gasteiger partial charge in [-0.15, -0.1) is 6.58 Å². The molecule has 0 saturated heterocycles. The van der Waals surface area contributed by atoms with Gasteiger partial charge in [0.1, 0.15) is 30.6 Å². The minimum atomic E-state index is -1.03. The molecule has 2 heterocycles. The monoisotopic (exact) mass is 726 g/mol. The third-order valence-electron chi connectivity index (χ3n) is 10.5. The van der Waals surface area contributed by atoms with Crippen LogP contribution in [-0.2, 0) is 16.0 Å². The van der Waals surface area contributed by atoms with Crippen LogP contribution in [0.1, 0.15) is 72.3 Å². The largest absolute Gasteiger partial charge is 0.460 e. The van der Waals surface area contributed by atoms with Crippen molar-refractivity contribution >= 4 is 23.8 Å². The Balaban J connectivity index is 1.49. The predicted molar refractivity (Wildman–Crippen MR) is 204 cm³/mol. The van der Waals surface area contributed by atoms with Gasteiger partial charge in [-0.2, -0.15) is 11.8 Å². The molecule has 1 aliphatic heterocycles. The zero-order chi connectivity index (χ0) is 36.3. The zero-order valence-corrected chi connectivity index (χ0v) is 30.7. The van der Waals surface area contributed by atoms with E-state index in [1.807, 2.05) is 48.4 Å². The van der Waals surface area contributed by atoms with Gasteiger partial charge in [0.05, 0.1) is 23.5 Å². The summed E-state index contributed by atoms with van der Waals surface area (Å²) in [4.78, 5) is 21.2. The summed E-state index contributed by atoms with van der Waals surface area (Å²) in [6.45, 7) is 4.62. The summed E-state index contributed by atoms with van der Waals surface area (Å²) < 4.78 is 20.6. The number of nitrogens with zero attached hydrogens (tertiary/aromatic N) is 2. The normalized spacial score (nSPS) is 25.3. The maximum atomic E-state index is 11.5. The van der Waals surface area contributed by atoms with Crippen molar-refractivity contribution in [3.05, 3.63) is 108 Å². The van der Waals surface area contributed by atoms with Crippen molar-refractivity contribution in [1.29, 1.82) is 0 Å². The molecule has 0 amide bonds. The smallest absolute Gasteiger partial charge is 0.230 e. The van der Waals surface area contributed by atoms with E-state index in [-0.39, 0.29) is 42.1 Å². The number of carbonyl (C=O) groups is 1. The molecule has 3 aromatic rings. The second kappa shape index (κ2) is 18.2. The van der Waals surface area contributed by atoms with Gasteiger partial charge in [-0.1, -0.05) is 42.3 Å². The van der Waals surface area contributed by atoms with Gasteiger partial charge in [-0.3, -0.25) is 9.78 Å². The number of aldehydes is 1. The summed E-state index contributed by atoms with van der Waals surface area (Å²) in [7, 11) is 1.60. The highest BCUT2D eigenvalue weighted by molar-refractivity contribution is 8.00. The number of aliphatic hydroxyl groups is 2. The summed E-state index contributed by atoms with van der Waals surface area (Å²) >= 11 is 1.84. The summed E-state index contributed by atoms with van der Waals surface area (Å²) in [6, 6.07) is 17.2. The Morgan fingerprint density at radius 3 is 2.58 bits per heavy atom. The minimum Gasteiger partial charge on any atom is -0.460 e. The number of rotatable bonds is 19. The minimum absolute atomic E-state index is 0.0399. The van der Waals surface area contributed by atoms with E-state index in [4.69, 9.17) is 19.0 Å². The number of hydrogen-bond donors (Lipinski definition) is 2. The van der Waals surface area contributed by atoms with E-state index in [2.05, 4.69) is 41.0 Å². The van der Waals surface area contributed by atoms with E-state index in [1.54, 1.807) is 25.3 Å². The Kier molecular flexibility index (Phi) is 13.2. The Morgan fingerprint density at radius 2 is 1.83 bits per heavy atom. The number of pyridine rings is 1. The molecule has 52 heavy (non-hydrogen) atoms. The summed E-state index contributed by atoms with van der Waals surface area (Å²) in [5.74, 6) is 1.92. The number of aryl methyl sites for hydroxylation is 1. The number of carbonyl (C=O) groups excluding carboxylic acids is 1. The van der Waals surface area contributed by atoms with Crippen molar-refractivity contribution in [3.8, 4) is 17.2 Å². The number of aliphatic hydroxyl groups excluding tert-OH is 2. The van der Waals surface area contributed by atoms with E-state index in [9.17, 15) is 15.0 Å². The van der Waals surface area contributed by atoms with E-state index >= 15 is 0 Å². The predicted octanol–water partition coefficient (Wildman–Crippen LogP) is 7.93. The Labute approximate surface area is 311 Å². The fourth-order valence-corrected chi connectivity index (χ4v) is 9.71. The zero-order valence-electron chi connectivity index (χ0n) is 29.9. The van der Waals surface area contributed by atoms with Crippen LogP contribution in [0.2, 0.25) is 0 Å². The molecule has 1 fully saturated rings. The molecular weight excluding hydrogens is 677 g/mol. The molecule has 0 bridgehead atoms. The molecule has 6 atom stereocenters. The highest BCUT2D eigenvalue weighted by atomic mass is 32.2. The topological polar surface area (TPSA) is 120 Å². The van der Waals surface area contributed by atoms with Crippen molar-refractivity contribution < 1.29 is 34.1 Å². The number of thioether (sulfide) groups is 1.